The van der Waals surface area contributed by atoms with Crippen molar-refractivity contribution in [3.8, 4) is 11.8 Å². The predicted molar refractivity (Wildman–Crippen MR) is 73.9 cm³/mol. The molecule has 2 N–H and O–H groups in total. The first-order chi connectivity index (χ1) is 8.20. The topological polar surface area (TPSA) is 29.3 Å². The quantitative estimate of drug-likeness (QED) is 0.813. The minimum Gasteiger partial charge on any atom is -0.320 e. The highest BCUT2D eigenvalue weighted by molar-refractivity contribution is 7.10. The van der Waals surface area contributed by atoms with Crippen molar-refractivity contribution < 1.29 is 0 Å². The first-order valence-electron chi connectivity index (χ1n) is 6.18. The Morgan fingerprint density at radius 1 is 1.41 bits per heavy atom. The van der Waals surface area contributed by atoms with E-state index >= 15 is 0 Å². The van der Waals surface area contributed by atoms with Gasteiger partial charge in [0, 0.05) is 30.1 Å². The SMILES string of the molecule is CC1CN(Cc2sccc2C#CCN)CC1C. The zero-order valence-electron chi connectivity index (χ0n) is 10.6. The van der Waals surface area contributed by atoms with Gasteiger partial charge in [-0.1, -0.05) is 25.7 Å². The van der Waals surface area contributed by atoms with Crippen molar-refractivity contribution in [1.29, 1.82) is 0 Å². The lowest BCUT2D eigenvalue weighted by Crippen LogP contribution is -2.19. The maximum absolute atomic E-state index is 5.41. The van der Waals surface area contributed by atoms with Gasteiger partial charge < -0.3 is 5.73 Å². The third kappa shape index (κ3) is 3.10. The number of hydrogen-bond donors (Lipinski definition) is 1. The number of nitrogens with zero attached hydrogens (tertiary/aromatic N) is 1. The highest BCUT2D eigenvalue weighted by Gasteiger charge is 2.26. The van der Waals surface area contributed by atoms with Crippen molar-refractivity contribution in [3.63, 3.8) is 0 Å². The molecule has 2 nitrogen and oxygen atoms in total. The van der Waals surface area contributed by atoms with Gasteiger partial charge in [0.05, 0.1) is 6.54 Å². The van der Waals surface area contributed by atoms with Crippen LogP contribution < -0.4 is 5.73 Å². The Hall–Kier alpha value is -0.820. The molecule has 3 heteroatoms. The fourth-order valence-electron chi connectivity index (χ4n) is 2.30. The summed E-state index contributed by atoms with van der Waals surface area (Å²) in [6.07, 6.45) is 0. The Balaban J connectivity index is 2.02. The maximum Gasteiger partial charge on any atom is 0.0555 e. The molecule has 1 aliphatic heterocycles. The first-order valence-corrected chi connectivity index (χ1v) is 7.06. The fraction of sp³-hybridized carbons (Fsp3) is 0.571. The molecule has 2 atom stereocenters. The number of hydrogen-bond acceptors (Lipinski definition) is 3. The summed E-state index contributed by atoms with van der Waals surface area (Å²) < 4.78 is 0. The summed E-state index contributed by atoms with van der Waals surface area (Å²) >= 11 is 1.80. The summed E-state index contributed by atoms with van der Waals surface area (Å²) in [6, 6.07) is 2.10. The van der Waals surface area contributed by atoms with Gasteiger partial charge in [-0.05, 0) is 23.3 Å². The molecular formula is C14H20N2S. The van der Waals surface area contributed by atoms with Crippen molar-refractivity contribution in [1.82, 2.24) is 4.90 Å². The van der Waals surface area contributed by atoms with Crippen LogP contribution in [0.25, 0.3) is 0 Å². The summed E-state index contributed by atoms with van der Waals surface area (Å²) in [7, 11) is 0. The van der Waals surface area contributed by atoms with E-state index in [1.54, 1.807) is 11.3 Å². The molecule has 17 heavy (non-hydrogen) atoms. The van der Waals surface area contributed by atoms with Crippen LogP contribution in [0.2, 0.25) is 0 Å². The molecule has 2 rings (SSSR count). The summed E-state index contributed by atoms with van der Waals surface area (Å²) in [5, 5.41) is 2.12. The van der Waals surface area contributed by atoms with Gasteiger partial charge in [-0.2, -0.15) is 0 Å². The summed E-state index contributed by atoms with van der Waals surface area (Å²) in [5.74, 6) is 7.72. The highest BCUT2D eigenvalue weighted by atomic mass is 32.1. The lowest BCUT2D eigenvalue weighted by molar-refractivity contribution is 0.319. The van der Waals surface area contributed by atoms with Gasteiger partial charge in [0.1, 0.15) is 0 Å². The second-order valence-corrected chi connectivity index (χ2v) is 5.91. The maximum atomic E-state index is 5.41. The van der Waals surface area contributed by atoms with E-state index in [9.17, 15) is 0 Å². The smallest absolute Gasteiger partial charge is 0.0555 e. The fourth-order valence-corrected chi connectivity index (χ4v) is 3.17. The van der Waals surface area contributed by atoms with Crippen LogP contribution in [0.1, 0.15) is 24.3 Å². The Labute approximate surface area is 108 Å². The monoisotopic (exact) mass is 248 g/mol. The molecule has 1 aromatic rings. The molecule has 2 unspecified atom stereocenters. The van der Waals surface area contributed by atoms with Gasteiger partial charge in [0.2, 0.25) is 0 Å². The molecule has 1 saturated heterocycles. The van der Waals surface area contributed by atoms with Crippen LogP contribution in [0.4, 0.5) is 0 Å². The molecule has 1 aliphatic rings. The largest absolute Gasteiger partial charge is 0.320 e. The second-order valence-electron chi connectivity index (χ2n) is 4.91. The zero-order valence-corrected chi connectivity index (χ0v) is 11.4. The van der Waals surface area contributed by atoms with Crippen LogP contribution in [0.3, 0.4) is 0 Å². The van der Waals surface area contributed by atoms with Crippen molar-refractivity contribution in [3.05, 3.63) is 21.9 Å². The number of nitrogens with two attached hydrogens (primary N) is 1. The molecule has 0 radical (unpaired) electrons. The normalized spacial score (nSPS) is 24.6. The van der Waals surface area contributed by atoms with Gasteiger partial charge in [-0.15, -0.1) is 11.3 Å². The Kier molecular flexibility index (Phi) is 4.22. The van der Waals surface area contributed by atoms with Crippen molar-refractivity contribution in [2.24, 2.45) is 17.6 Å². The number of likely N-dealkylation sites (tertiary alicyclic amines) is 1. The summed E-state index contributed by atoms with van der Waals surface area (Å²) in [6.45, 7) is 8.59. The van der Waals surface area contributed by atoms with Gasteiger partial charge in [0.25, 0.3) is 0 Å². The molecule has 1 aromatic heterocycles. The van der Waals surface area contributed by atoms with Crippen LogP contribution in [-0.4, -0.2) is 24.5 Å². The molecule has 92 valence electrons. The van der Waals surface area contributed by atoms with E-state index in [2.05, 4.69) is 42.0 Å². The van der Waals surface area contributed by atoms with Crippen molar-refractivity contribution in [2.45, 2.75) is 20.4 Å². The van der Waals surface area contributed by atoms with E-state index < -0.39 is 0 Å². The number of thiophene rings is 1. The van der Waals surface area contributed by atoms with Crippen LogP contribution in [-0.2, 0) is 6.54 Å². The minimum absolute atomic E-state index is 0.438. The summed E-state index contributed by atoms with van der Waals surface area (Å²) in [4.78, 5) is 3.92. The third-order valence-electron chi connectivity index (χ3n) is 3.50. The van der Waals surface area contributed by atoms with Crippen LogP contribution in [0.5, 0.6) is 0 Å². The van der Waals surface area contributed by atoms with Gasteiger partial charge in [-0.25, -0.2) is 0 Å². The van der Waals surface area contributed by atoms with E-state index in [0.29, 0.717) is 6.54 Å². The Morgan fingerprint density at radius 2 is 2.12 bits per heavy atom. The average Bonchev–Trinajstić information content (AvgIpc) is 2.85. The molecule has 1 fully saturated rings. The van der Waals surface area contributed by atoms with E-state index in [1.165, 1.54) is 18.0 Å². The zero-order chi connectivity index (χ0) is 12.3. The molecular weight excluding hydrogens is 228 g/mol. The van der Waals surface area contributed by atoms with Gasteiger partial charge >= 0.3 is 0 Å². The molecule has 0 saturated carbocycles. The van der Waals surface area contributed by atoms with Crippen molar-refractivity contribution >= 4 is 11.3 Å². The van der Waals surface area contributed by atoms with E-state index in [4.69, 9.17) is 5.73 Å². The van der Waals surface area contributed by atoms with Crippen molar-refractivity contribution in [2.75, 3.05) is 19.6 Å². The van der Waals surface area contributed by atoms with Gasteiger partial charge in [-0.3, -0.25) is 4.90 Å². The van der Waals surface area contributed by atoms with E-state index in [1.807, 2.05) is 0 Å². The molecule has 0 aromatic carbocycles. The molecule has 0 aliphatic carbocycles. The lowest BCUT2D eigenvalue weighted by Gasteiger charge is -2.14. The Morgan fingerprint density at radius 3 is 2.76 bits per heavy atom. The molecule has 0 spiro atoms. The standard InChI is InChI=1S/C14H20N2S/c1-11-8-16(9-12(11)2)10-14-13(4-3-6-15)5-7-17-14/h5,7,11-12H,6,8-10,15H2,1-2H3. The second kappa shape index (κ2) is 5.68. The lowest BCUT2D eigenvalue weighted by atomic mass is 10.0. The van der Waals surface area contributed by atoms with Crippen LogP contribution in [0.15, 0.2) is 11.4 Å². The first kappa shape index (κ1) is 12.6. The molecule has 2 heterocycles. The number of rotatable bonds is 2. The molecule has 0 amide bonds. The van der Waals surface area contributed by atoms with Gasteiger partial charge in [0.15, 0.2) is 0 Å². The Bertz CT molecular complexity index is 417. The van der Waals surface area contributed by atoms with Crippen LogP contribution in [0, 0.1) is 23.7 Å². The van der Waals surface area contributed by atoms with E-state index in [-0.39, 0.29) is 0 Å². The van der Waals surface area contributed by atoms with E-state index in [0.717, 1.165) is 23.9 Å². The highest BCUT2D eigenvalue weighted by Crippen LogP contribution is 2.26. The minimum atomic E-state index is 0.438. The average molecular weight is 248 g/mol. The third-order valence-corrected chi connectivity index (χ3v) is 4.41. The van der Waals surface area contributed by atoms with Crippen LogP contribution >= 0.6 is 11.3 Å². The summed E-state index contributed by atoms with van der Waals surface area (Å²) in [5.41, 5.74) is 6.57. The molecule has 0 bridgehead atoms. The predicted octanol–water partition coefficient (Wildman–Crippen LogP) is 2.15.